The number of hydrogen-bond acceptors (Lipinski definition) is 2. The summed E-state index contributed by atoms with van der Waals surface area (Å²) in [6.45, 7) is 3.70. The first-order chi connectivity index (χ1) is 9.87. The minimum atomic E-state index is 0.748. The summed E-state index contributed by atoms with van der Waals surface area (Å²) >= 11 is 0. The molecule has 0 radical (unpaired) electrons. The predicted octanol–water partition coefficient (Wildman–Crippen LogP) is 3.88. The van der Waals surface area contributed by atoms with E-state index in [0.29, 0.717) is 0 Å². The van der Waals surface area contributed by atoms with E-state index in [1.165, 1.54) is 62.9 Å². The SMILES string of the molecule is c1cc(NC2CC3CCC2C3)ccc1CN1CCCC1. The van der Waals surface area contributed by atoms with Gasteiger partial charge in [-0.15, -0.1) is 0 Å². The van der Waals surface area contributed by atoms with Gasteiger partial charge in [0.25, 0.3) is 0 Å². The highest BCUT2D eigenvalue weighted by molar-refractivity contribution is 5.46. The first-order valence-electron chi connectivity index (χ1n) is 8.45. The van der Waals surface area contributed by atoms with Gasteiger partial charge in [-0.1, -0.05) is 18.6 Å². The van der Waals surface area contributed by atoms with Crippen molar-refractivity contribution in [1.29, 1.82) is 0 Å². The Kier molecular flexibility index (Phi) is 3.43. The first kappa shape index (κ1) is 12.7. The van der Waals surface area contributed by atoms with Crippen molar-refractivity contribution in [3.05, 3.63) is 29.8 Å². The summed E-state index contributed by atoms with van der Waals surface area (Å²) in [5, 5.41) is 3.78. The second kappa shape index (κ2) is 5.40. The van der Waals surface area contributed by atoms with Gasteiger partial charge in [0, 0.05) is 18.3 Å². The number of nitrogens with one attached hydrogen (secondary N) is 1. The van der Waals surface area contributed by atoms with E-state index in [-0.39, 0.29) is 0 Å². The number of hydrogen-bond donors (Lipinski definition) is 1. The number of nitrogens with zero attached hydrogens (tertiary/aromatic N) is 1. The molecule has 0 amide bonds. The Morgan fingerprint density at radius 1 is 1.00 bits per heavy atom. The Morgan fingerprint density at radius 2 is 1.80 bits per heavy atom. The molecule has 108 valence electrons. The summed E-state index contributed by atoms with van der Waals surface area (Å²) in [4.78, 5) is 2.57. The summed E-state index contributed by atoms with van der Waals surface area (Å²) in [5.74, 6) is 1.97. The molecule has 1 saturated heterocycles. The molecular formula is C18H26N2. The molecule has 2 heteroatoms. The number of benzene rings is 1. The van der Waals surface area contributed by atoms with Crippen molar-refractivity contribution in [2.45, 2.75) is 51.1 Å². The van der Waals surface area contributed by atoms with Crippen molar-refractivity contribution in [3.63, 3.8) is 0 Å². The molecule has 1 aliphatic heterocycles. The van der Waals surface area contributed by atoms with Gasteiger partial charge < -0.3 is 5.32 Å². The molecule has 2 aliphatic carbocycles. The van der Waals surface area contributed by atoms with Crippen LogP contribution in [-0.2, 0) is 6.54 Å². The molecule has 1 heterocycles. The van der Waals surface area contributed by atoms with E-state index in [9.17, 15) is 0 Å². The zero-order chi connectivity index (χ0) is 13.4. The summed E-state index contributed by atoms with van der Waals surface area (Å²) in [6, 6.07) is 9.95. The van der Waals surface area contributed by atoms with E-state index in [0.717, 1.165) is 24.4 Å². The average molecular weight is 270 g/mol. The van der Waals surface area contributed by atoms with Crippen molar-refractivity contribution in [3.8, 4) is 0 Å². The van der Waals surface area contributed by atoms with Crippen molar-refractivity contribution in [1.82, 2.24) is 4.90 Å². The van der Waals surface area contributed by atoms with Gasteiger partial charge in [-0.25, -0.2) is 0 Å². The molecule has 1 aromatic carbocycles. The largest absolute Gasteiger partial charge is 0.382 e. The normalized spacial score (nSPS) is 32.9. The van der Waals surface area contributed by atoms with Crippen LogP contribution in [0.2, 0.25) is 0 Å². The lowest BCUT2D eigenvalue weighted by atomic mass is 9.95. The Balaban J connectivity index is 1.35. The van der Waals surface area contributed by atoms with Crippen LogP contribution in [-0.4, -0.2) is 24.0 Å². The second-order valence-electron chi connectivity index (χ2n) is 7.11. The number of rotatable bonds is 4. The van der Waals surface area contributed by atoms with Gasteiger partial charge >= 0.3 is 0 Å². The van der Waals surface area contributed by atoms with Crippen LogP contribution in [0.25, 0.3) is 0 Å². The van der Waals surface area contributed by atoms with Gasteiger partial charge in [-0.05, 0) is 74.7 Å². The van der Waals surface area contributed by atoms with Gasteiger partial charge in [0.15, 0.2) is 0 Å². The monoisotopic (exact) mass is 270 g/mol. The van der Waals surface area contributed by atoms with Gasteiger partial charge in [-0.3, -0.25) is 4.90 Å². The van der Waals surface area contributed by atoms with Crippen LogP contribution in [0.15, 0.2) is 24.3 Å². The van der Waals surface area contributed by atoms with Gasteiger partial charge in [0.05, 0.1) is 0 Å². The summed E-state index contributed by atoms with van der Waals surface area (Å²) in [7, 11) is 0. The Hall–Kier alpha value is -1.02. The maximum absolute atomic E-state index is 3.78. The molecule has 0 spiro atoms. The van der Waals surface area contributed by atoms with Crippen molar-refractivity contribution >= 4 is 5.69 Å². The van der Waals surface area contributed by atoms with E-state index in [1.807, 2.05) is 0 Å². The van der Waals surface area contributed by atoms with Gasteiger partial charge in [0.1, 0.15) is 0 Å². The van der Waals surface area contributed by atoms with Crippen LogP contribution in [0, 0.1) is 11.8 Å². The molecule has 20 heavy (non-hydrogen) atoms. The third kappa shape index (κ3) is 2.58. The van der Waals surface area contributed by atoms with E-state index < -0.39 is 0 Å². The first-order valence-corrected chi connectivity index (χ1v) is 8.45. The summed E-state index contributed by atoms with van der Waals surface area (Å²) in [6.07, 6.45) is 8.58. The maximum Gasteiger partial charge on any atom is 0.0342 e. The van der Waals surface area contributed by atoms with Crippen LogP contribution < -0.4 is 5.32 Å². The quantitative estimate of drug-likeness (QED) is 0.893. The standard InChI is InChI=1S/C18H26N2/c1-2-10-20(9-1)13-14-4-7-17(8-5-14)19-18-12-15-3-6-16(18)11-15/h4-5,7-8,15-16,18-19H,1-3,6,9-13H2. The Bertz CT molecular complexity index is 447. The lowest BCUT2D eigenvalue weighted by Crippen LogP contribution is -2.25. The fraction of sp³-hybridized carbons (Fsp3) is 0.667. The van der Waals surface area contributed by atoms with E-state index in [4.69, 9.17) is 0 Å². The molecule has 0 aromatic heterocycles. The Labute approximate surface area is 122 Å². The van der Waals surface area contributed by atoms with E-state index >= 15 is 0 Å². The Morgan fingerprint density at radius 3 is 2.45 bits per heavy atom. The molecule has 1 aromatic rings. The fourth-order valence-electron chi connectivity index (χ4n) is 4.54. The molecule has 2 saturated carbocycles. The lowest BCUT2D eigenvalue weighted by Gasteiger charge is -2.24. The van der Waals surface area contributed by atoms with Crippen molar-refractivity contribution < 1.29 is 0 Å². The maximum atomic E-state index is 3.78. The van der Waals surface area contributed by atoms with E-state index in [2.05, 4.69) is 34.5 Å². The molecule has 3 fully saturated rings. The van der Waals surface area contributed by atoms with Gasteiger partial charge in [0.2, 0.25) is 0 Å². The summed E-state index contributed by atoms with van der Waals surface area (Å²) in [5.41, 5.74) is 2.79. The third-order valence-electron chi connectivity index (χ3n) is 5.65. The highest BCUT2D eigenvalue weighted by Crippen LogP contribution is 2.45. The van der Waals surface area contributed by atoms with Crippen LogP contribution >= 0.6 is 0 Å². The minimum Gasteiger partial charge on any atom is -0.382 e. The van der Waals surface area contributed by atoms with Crippen LogP contribution in [0.4, 0.5) is 5.69 Å². The van der Waals surface area contributed by atoms with Crippen molar-refractivity contribution in [2.24, 2.45) is 11.8 Å². The number of likely N-dealkylation sites (tertiary alicyclic amines) is 1. The minimum absolute atomic E-state index is 0.748. The highest BCUT2D eigenvalue weighted by atomic mass is 15.1. The average Bonchev–Trinajstić information content (AvgIpc) is 3.18. The molecule has 3 aliphatic rings. The van der Waals surface area contributed by atoms with Gasteiger partial charge in [-0.2, -0.15) is 0 Å². The molecule has 3 unspecified atom stereocenters. The second-order valence-corrected chi connectivity index (χ2v) is 7.11. The molecule has 2 nitrogen and oxygen atoms in total. The smallest absolute Gasteiger partial charge is 0.0342 e. The van der Waals surface area contributed by atoms with Crippen LogP contribution in [0.1, 0.15) is 44.1 Å². The van der Waals surface area contributed by atoms with Crippen molar-refractivity contribution in [2.75, 3.05) is 18.4 Å². The summed E-state index contributed by atoms with van der Waals surface area (Å²) < 4.78 is 0. The molecule has 3 atom stereocenters. The van der Waals surface area contributed by atoms with Crippen LogP contribution in [0.3, 0.4) is 0 Å². The topological polar surface area (TPSA) is 15.3 Å². The van der Waals surface area contributed by atoms with Crippen LogP contribution in [0.5, 0.6) is 0 Å². The zero-order valence-corrected chi connectivity index (χ0v) is 12.4. The molecular weight excluding hydrogens is 244 g/mol. The predicted molar refractivity (Wildman–Crippen MR) is 83.8 cm³/mol. The fourth-order valence-corrected chi connectivity index (χ4v) is 4.54. The van der Waals surface area contributed by atoms with E-state index in [1.54, 1.807) is 0 Å². The number of anilines is 1. The lowest BCUT2D eigenvalue weighted by molar-refractivity contribution is 0.331. The molecule has 4 rings (SSSR count). The zero-order valence-electron chi connectivity index (χ0n) is 12.4. The molecule has 2 bridgehead atoms. The number of fused-ring (bicyclic) bond motifs is 2. The third-order valence-corrected chi connectivity index (χ3v) is 5.65. The molecule has 1 N–H and O–H groups in total. The highest BCUT2D eigenvalue weighted by Gasteiger charge is 2.39.